The third-order valence-electron chi connectivity index (χ3n) is 7.03. The van der Waals surface area contributed by atoms with Crippen LogP contribution in [0.3, 0.4) is 0 Å². The van der Waals surface area contributed by atoms with Crippen molar-refractivity contribution in [1.82, 2.24) is 4.57 Å². The fourth-order valence-electron chi connectivity index (χ4n) is 5.14. The molecule has 1 aliphatic carbocycles. The van der Waals surface area contributed by atoms with Gasteiger partial charge in [-0.1, -0.05) is 24.3 Å². The van der Waals surface area contributed by atoms with Crippen molar-refractivity contribution in [2.45, 2.75) is 31.3 Å². The van der Waals surface area contributed by atoms with Crippen molar-refractivity contribution < 1.29 is 18.7 Å². The molecule has 7 nitrogen and oxygen atoms in total. The van der Waals surface area contributed by atoms with Crippen LogP contribution in [0.15, 0.2) is 41.3 Å². The Balaban J connectivity index is 1.63. The zero-order valence-electron chi connectivity index (χ0n) is 18.5. The Hall–Kier alpha value is -3.30. The van der Waals surface area contributed by atoms with Crippen molar-refractivity contribution in [1.29, 1.82) is 0 Å². The van der Waals surface area contributed by atoms with E-state index in [0.717, 1.165) is 30.0 Å². The minimum absolute atomic E-state index is 0.0254. The van der Waals surface area contributed by atoms with E-state index in [2.05, 4.69) is 0 Å². The van der Waals surface area contributed by atoms with Crippen molar-refractivity contribution in [2.75, 3.05) is 24.5 Å². The van der Waals surface area contributed by atoms with E-state index in [-0.39, 0.29) is 34.5 Å². The molecule has 9 heteroatoms. The summed E-state index contributed by atoms with van der Waals surface area (Å²) in [5, 5.41) is 9.16. The maximum absolute atomic E-state index is 16.0. The number of anilines is 1. The van der Waals surface area contributed by atoms with Crippen molar-refractivity contribution >= 4 is 22.6 Å². The van der Waals surface area contributed by atoms with Crippen LogP contribution in [-0.2, 0) is 6.54 Å². The highest BCUT2D eigenvalue weighted by atomic mass is 19.1. The van der Waals surface area contributed by atoms with E-state index in [4.69, 9.17) is 11.5 Å². The van der Waals surface area contributed by atoms with Gasteiger partial charge in [0.15, 0.2) is 5.82 Å². The number of carboxylic acids is 1. The maximum atomic E-state index is 16.0. The molecule has 0 bridgehead atoms. The molecule has 2 heterocycles. The molecular formula is C25H26F2N4O3. The smallest absolute Gasteiger partial charge is 0.341 e. The van der Waals surface area contributed by atoms with Gasteiger partial charge in [-0.05, 0) is 42.5 Å². The predicted octanol–water partition coefficient (Wildman–Crippen LogP) is 2.95. The van der Waals surface area contributed by atoms with Crippen molar-refractivity contribution in [3.63, 3.8) is 0 Å². The Kier molecular flexibility index (Phi) is 5.61. The average molecular weight is 469 g/mol. The number of carboxylic acid groups (broad SMARTS) is 1. The molecule has 34 heavy (non-hydrogen) atoms. The number of carbonyl (C=O) groups is 1. The van der Waals surface area contributed by atoms with Gasteiger partial charge in [0.25, 0.3) is 0 Å². The van der Waals surface area contributed by atoms with Crippen molar-refractivity contribution in [3.8, 4) is 0 Å². The molecule has 1 aromatic heterocycles. The number of aromatic carboxylic acids is 1. The summed E-state index contributed by atoms with van der Waals surface area (Å²) in [7, 11) is 0. The lowest BCUT2D eigenvalue weighted by Gasteiger charge is -2.22. The van der Waals surface area contributed by atoms with Gasteiger partial charge in [0.05, 0.1) is 10.9 Å². The molecule has 5 rings (SSSR count). The van der Waals surface area contributed by atoms with E-state index in [1.807, 2.05) is 24.3 Å². The molecule has 1 saturated heterocycles. The Morgan fingerprint density at radius 1 is 1.15 bits per heavy atom. The van der Waals surface area contributed by atoms with Crippen LogP contribution in [0.1, 0.15) is 46.3 Å². The van der Waals surface area contributed by atoms with E-state index in [1.54, 1.807) is 4.90 Å². The minimum Gasteiger partial charge on any atom is -0.477 e. The SMILES string of the molecule is NCc1cccc(C2CN(c3c(F)cc4c(=O)c(C(=O)O)cn(C5CC5)c4c3F)CC2CN)c1. The fraction of sp³-hybridized carbons (Fsp3) is 0.360. The first-order valence-electron chi connectivity index (χ1n) is 11.4. The maximum Gasteiger partial charge on any atom is 0.341 e. The number of fused-ring (bicyclic) bond motifs is 1. The predicted molar refractivity (Wildman–Crippen MR) is 125 cm³/mol. The minimum atomic E-state index is -1.42. The Morgan fingerprint density at radius 3 is 2.56 bits per heavy atom. The molecule has 2 unspecified atom stereocenters. The lowest BCUT2D eigenvalue weighted by Crippen LogP contribution is -2.26. The summed E-state index contributed by atoms with van der Waals surface area (Å²) in [6, 6.07) is 8.68. The van der Waals surface area contributed by atoms with E-state index in [0.29, 0.717) is 26.2 Å². The number of benzene rings is 2. The highest BCUT2D eigenvalue weighted by Gasteiger charge is 2.37. The molecular weight excluding hydrogens is 442 g/mol. The lowest BCUT2D eigenvalue weighted by molar-refractivity contribution is 0.0694. The Morgan fingerprint density at radius 2 is 1.91 bits per heavy atom. The first-order valence-corrected chi connectivity index (χ1v) is 11.4. The highest BCUT2D eigenvalue weighted by Crippen LogP contribution is 2.42. The van der Waals surface area contributed by atoms with Gasteiger partial charge in [-0.3, -0.25) is 4.79 Å². The summed E-state index contributed by atoms with van der Waals surface area (Å²) < 4.78 is 32.8. The van der Waals surface area contributed by atoms with Crippen LogP contribution < -0.4 is 21.8 Å². The molecule has 2 aliphatic rings. The molecule has 0 spiro atoms. The number of rotatable bonds is 6. The second-order valence-corrected chi connectivity index (χ2v) is 9.19. The summed E-state index contributed by atoms with van der Waals surface area (Å²) in [6.45, 7) is 1.45. The largest absolute Gasteiger partial charge is 0.477 e. The Labute approximate surface area is 194 Å². The van der Waals surface area contributed by atoms with Crippen LogP contribution in [0.2, 0.25) is 0 Å². The lowest BCUT2D eigenvalue weighted by atomic mass is 9.88. The van der Waals surface area contributed by atoms with E-state index in [1.165, 1.54) is 10.8 Å². The van der Waals surface area contributed by atoms with Crippen molar-refractivity contribution in [3.05, 3.63) is 75.1 Å². The standard InChI is InChI=1S/C25H26F2N4O3/c26-20-7-17-22(31(16-4-5-16)12-19(24(17)32)25(33)34)21(27)23(20)30-10-15(9-29)18(11-30)14-3-1-2-13(6-14)8-28/h1-3,6-7,12,15-16,18H,4-5,8-11,28-29H2,(H,33,34). The van der Waals surface area contributed by atoms with Gasteiger partial charge in [0.1, 0.15) is 17.1 Å². The molecule has 0 radical (unpaired) electrons. The van der Waals surface area contributed by atoms with Gasteiger partial charge < -0.3 is 26.0 Å². The third-order valence-corrected chi connectivity index (χ3v) is 7.03. The number of nitrogens with two attached hydrogens (primary N) is 2. The fourth-order valence-corrected chi connectivity index (χ4v) is 5.14. The quantitative estimate of drug-likeness (QED) is 0.513. The molecule has 1 aliphatic heterocycles. The number of hydrogen-bond donors (Lipinski definition) is 3. The van der Waals surface area contributed by atoms with Crippen LogP contribution in [0.5, 0.6) is 0 Å². The number of halogens is 2. The second kappa shape index (κ2) is 8.48. The zero-order chi connectivity index (χ0) is 24.1. The topological polar surface area (TPSA) is 115 Å². The number of hydrogen-bond acceptors (Lipinski definition) is 5. The number of nitrogens with zero attached hydrogens (tertiary/aromatic N) is 2. The van der Waals surface area contributed by atoms with E-state index >= 15 is 8.78 Å². The van der Waals surface area contributed by atoms with Crippen LogP contribution in [0.4, 0.5) is 14.5 Å². The summed E-state index contributed by atoms with van der Waals surface area (Å²) in [5.74, 6) is -3.21. The monoisotopic (exact) mass is 468 g/mol. The second-order valence-electron chi connectivity index (χ2n) is 9.19. The average Bonchev–Trinajstić information content (AvgIpc) is 3.58. The summed E-state index contributed by atoms with van der Waals surface area (Å²) >= 11 is 0. The van der Waals surface area contributed by atoms with Gasteiger partial charge in [0.2, 0.25) is 5.43 Å². The van der Waals surface area contributed by atoms with Crippen molar-refractivity contribution in [2.24, 2.45) is 17.4 Å². The molecule has 2 atom stereocenters. The molecule has 3 aromatic rings. The van der Waals surface area contributed by atoms with Gasteiger partial charge >= 0.3 is 5.97 Å². The van der Waals surface area contributed by atoms with Gasteiger partial charge in [-0.15, -0.1) is 0 Å². The molecule has 1 saturated carbocycles. The molecule has 5 N–H and O–H groups in total. The van der Waals surface area contributed by atoms with Gasteiger partial charge in [0, 0.05) is 37.8 Å². The zero-order valence-corrected chi connectivity index (χ0v) is 18.5. The van der Waals surface area contributed by atoms with E-state index < -0.39 is 28.6 Å². The molecule has 2 fully saturated rings. The molecule has 178 valence electrons. The summed E-state index contributed by atoms with van der Waals surface area (Å²) in [5.41, 5.74) is 12.2. The molecule has 2 aromatic carbocycles. The molecule has 0 amide bonds. The normalized spacial score (nSPS) is 20.3. The van der Waals surface area contributed by atoms with E-state index in [9.17, 15) is 14.7 Å². The number of pyridine rings is 1. The first-order chi connectivity index (χ1) is 16.3. The van der Waals surface area contributed by atoms with Gasteiger partial charge in [-0.2, -0.15) is 0 Å². The third kappa shape index (κ3) is 3.65. The first kappa shape index (κ1) is 22.5. The number of aromatic nitrogens is 1. The van der Waals surface area contributed by atoms with Crippen LogP contribution in [0, 0.1) is 17.6 Å². The van der Waals surface area contributed by atoms with Gasteiger partial charge in [-0.25, -0.2) is 13.6 Å². The summed E-state index contributed by atoms with van der Waals surface area (Å²) in [4.78, 5) is 25.9. The van der Waals surface area contributed by atoms with Crippen LogP contribution in [-0.4, -0.2) is 35.3 Å². The highest BCUT2D eigenvalue weighted by molar-refractivity contribution is 5.94. The van der Waals surface area contributed by atoms with Crippen LogP contribution >= 0.6 is 0 Å². The summed E-state index contributed by atoms with van der Waals surface area (Å²) in [6.07, 6.45) is 2.66. The Bertz CT molecular complexity index is 1350. The van der Waals surface area contributed by atoms with Crippen LogP contribution in [0.25, 0.3) is 10.9 Å².